The van der Waals surface area contributed by atoms with Crippen molar-refractivity contribution in [1.82, 2.24) is 10.3 Å². The lowest BCUT2D eigenvalue weighted by molar-refractivity contribution is 0.775. The third kappa shape index (κ3) is 4.85. The molecule has 0 aliphatic heterocycles. The van der Waals surface area contributed by atoms with Crippen molar-refractivity contribution in [2.45, 2.75) is 12.5 Å². The molecule has 0 amide bonds. The number of thiocarbonyl (C=S) groups is 1. The molecule has 1 heterocycles. The zero-order valence-corrected chi connectivity index (χ0v) is 13.0. The van der Waals surface area contributed by atoms with Gasteiger partial charge in [0.05, 0.1) is 12.1 Å². The van der Waals surface area contributed by atoms with Gasteiger partial charge >= 0.3 is 0 Å². The van der Waals surface area contributed by atoms with Gasteiger partial charge in [0, 0.05) is 24.6 Å². The summed E-state index contributed by atoms with van der Waals surface area (Å²) in [5.74, 6) is 0.709. The molecular formula is C16H15N3S2. The molecule has 3 nitrogen and oxygen atoms in total. The summed E-state index contributed by atoms with van der Waals surface area (Å²) in [4.78, 5) is 4.06. The molecule has 0 spiro atoms. The minimum absolute atomic E-state index is 0.00344. The topological polar surface area (TPSA) is 48.7 Å². The molecule has 0 radical (unpaired) electrons. The summed E-state index contributed by atoms with van der Waals surface area (Å²) in [6.45, 7) is 0. The van der Waals surface area contributed by atoms with E-state index in [1.54, 1.807) is 12.4 Å². The molecule has 5 heteroatoms. The zero-order chi connectivity index (χ0) is 14.9. The predicted molar refractivity (Wildman–Crippen MR) is 90.9 cm³/mol. The van der Waals surface area contributed by atoms with E-state index >= 15 is 0 Å². The lowest BCUT2D eigenvalue weighted by Crippen LogP contribution is -2.26. The number of nitriles is 1. The number of hydrogen-bond donors (Lipinski definition) is 1. The van der Waals surface area contributed by atoms with Crippen molar-refractivity contribution < 1.29 is 0 Å². The van der Waals surface area contributed by atoms with Crippen LogP contribution in [0.4, 0.5) is 0 Å². The number of aromatic nitrogens is 1. The van der Waals surface area contributed by atoms with Crippen LogP contribution < -0.4 is 5.32 Å². The van der Waals surface area contributed by atoms with Gasteiger partial charge in [-0.1, -0.05) is 54.3 Å². The Balaban J connectivity index is 2.14. The Kier molecular flexibility index (Phi) is 6.20. The quantitative estimate of drug-likeness (QED) is 0.674. The molecule has 0 saturated carbocycles. The van der Waals surface area contributed by atoms with Crippen molar-refractivity contribution in [3.05, 3.63) is 66.0 Å². The number of pyridine rings is 1. The Morgan fingerprint density at radius 1 is 1.19 bits per heavy atom. The average Bonchev–Trinajstić information content (AvgIpc) is 2.54. The first-order chi connectivity index (χ1) is 10.3. The first-order valence-corrected chi connectivity index (χ1v) is 7.96. The summed E-state index contributed by atoms with van der Waals surface area (Å²) in [6.07, 6.45) is 4.05. The van der Waals surface area contributed by atoms with E-state index in [1.807, 2.05) is 30.3 Å². The van der Waals surface area contributed by atoms with Crippen LogP contribution in [0.1, 0.15) is 23.6 Å². The smallest absolute Gasteiger partial charge is 0.134 e. The van der Waals surface area contributed by atoms with Crippen LogP contribution in [-0.2, 0) is 0 Å². The zero-order valence-electron chi connectivity index (χ0n) is 11.4. The molecule has 2 rings (SSSR count). The fourth-order valence-corrected chi connectivity index (χ4v) is 2.86. The molecule has 1 aromatic heterocycles. The van der Waals surface area contributed by atoms with Crippen LogP contribution in [0.15, 0.2) is 54.9 Å². The highest BCUT2D eigenvalue weighted by Gasteiger charge is 2.14. The molecule has 0 aliphatic carbocycles. The van der Waals surface area contributed by atoms with Crippen molar-refractivity contribution >= 4 is 28.3 Å². The number of nitrogens with one attached hydrogen (secondary N) is 1. The second-order valence-electron chi connectivity index (χ2n) is 4.31. The van der Waals surface area contributed by atoms with E-state index in [-0.39, 0.29) is 6.04 Å². The highest BCUT2D eigenvalue weighted by molar-refractivity contribution is 8.22. The van der Waals surface area contributed by atoms with E-state index in [0.717, 1.165) is 11.1 Å². The Morgan fingerprint density at radius 2 is 1.86 bits per heavy atom. The fourth-order valence-electron chi connectivity index (χ4n) is 1.91. The number of hydrogen-bond acceptors (Lipinski definition) is 4. The Labute approximate surface area is 134 Å². The van der Waals surface area contributed by atoms with Gasteiger partial charge in [0.25, 0.3) is 0 Å². The standard InChI is InChI=1S/C16H15N3S2/c17-9-4-12-21-16(20)19-15(13-5-2-1-3-6-13)14-7-10-18-11-8-14/h1-3,5-8,10-11,15H,4,12H2,(H,19,20). The van der Waals surface area contributed by atoms with Crippen molar-refractivity contribution in [2.75, 3.05) is 5.75 Å². The van der Waals surface area contributed by atoms with Gasteiger partial charge in [-0.25, -0.2) is 0 Å². The Morgan fingerprint density at radius 3 is 2.52 bits per heavy atom. The average molecular weight is 313 g/mol. The van der Waals surface area contributed by atoms with Crippen molar-refractivity contribution in [3.63, 3.8) is 0 Å². The van der Waals surface area contributed by atoms with Gasteiger partial charge in [-0.15, -0.1) is 0 Å². The maximum Gasteiger partial charge on any atom is 0.134 e. The molecule has 1 unspecified atom stereocenters. The lowest BCUT2D eigenvalue weighted by Gasteiger charge is -2.20. The van der Waals surface area contributed by atoms with Crippen LogP contribution in [0.3, 0.4) is 0 Å². The second kappa shape index (κ2) is 8.40. The molecule has 0 saturated heterocycles. The van der Waals surface area contributed by atoms with Crippen LogP contribution in [0, 0.1) is 11.3 Å². The highest BCUT2D eigenvalue weighted by atomic mass is 32.2. The predicted octanol–water partition coefficient (Wildman–Crippen LogP) is 3.69. The SMILES string of the molecule is N#CCCSC(=S)NC(c1ccccc1)c1ccncc1. The molecule has 21 heavy (non-hydrogen) atoms. The second-order valence-corrected chi connectivity index (χ2v) is 6.08. The van der Waals surface area contributed by atoms with Gasteiger partial charge in [-0.05, 0) is 23.3 Å². The fraction of sp³-hybridized carbons (Fsp3) is 0.188. The molecule has 0 aliphatic rings. The normalized spacial score (nSPS) is 11.4. The summed E-state index contributed by atoms with van der Waals surface area (Å²) in [5.41, 5.74) is 2.26. The molecule has 1 N–H and O–H groups in total. The van der Waals surface area contributed by atoms with E-state index in [4.69, 9.17) is 17.5 Å². The van der Waals surface area contributed by atoms with Crippen LogP contribution in [0.2, 0.25) is 0 Å². The first-order valence-electron chi connectivity index (χ1n) is 6.56. The van der Waals surface area contributed by atoms with E-state index in [0.29, 0.717) is 16.5 Å². The van der Waals surface area contributed by atoms with Crippen LogP contribution in [0.25, 0.3) is 0 Å². The molecule has 106 valence electrons. The first kappa shape index (κ1) is 15.5. The van der Waals surface area contributed by atoms with Crippen molar-refractivity contribution in [2.24, 2.45) is 0 Å². The molecule has 0 fully saturated rings. The molecule has 1 atom stereocenters. The Hall–Kier alpha value is -1.90. The van der Waals surface area contributed by atoms with Gasteiger partial charge in [0.2, 0.25) is 0 Å². The van der Waals surface area contributed by atoms with Crippen LogP contribution in [-0.4, -0.2) is 15.1 Å². The maximum atomic E-state index is 8.58. The monoisotopic (exact) mass is 313 g/mol. The summed E-state index contributed by atoms with van der Waals surface area (Å²) in [7, 11) is 0. The third-order valence-corrected chi connectivity index (χ3v) is 4.14. The van der Waals surface area contributed by atoms with Gasteiger partial charge in [0.15, 0.2) is 0 Å². The summed E-state index contributed by atoms with van der Waals surface area (Å²) >= 11 is 6.87. The van der Waals surface area contributed by atoms with Gasteiger partial charge in [-0.3, -0.25) is 4.98 Å². The summed E-state index contributed by atoms with van der Waals surface area (Å²) < 4.78 is 0.705. The van der Waals surface area contributed by atoms with Gasteiger partial charge in [-0.2, -0.15) is 5.26 Å². The van der Waals surface area contributed by atoms with E-state index in [2.05, 4.69) is 28.5 Å². The Bertz CT molecular complexity index is 569. The number of nitrogens with zero attached hydrogens (tertiary/aromatic N) is 2. The van der Waals surface area contributed by atoms with Crippen LogP contribution >= 0.6 is 24.0 Å². The van der Waals surface area contributed by atoms with Crippen molar-refractivity contribution in [1.29, 1.82) is 5.26 Å². The largest absolute Gasteiger partial charge is 0.360 e. The van der Waals surface area contributed by atoms with Crippen molar-refractivity contribution in [3.8, 4) is 6.07 Å². The molecular weight excluding hydrogens is 298 g/mol. The van der Waals surface area contributed by atoms with Crippen LogP contribution in [0.5, 0.6) is 0 Å². The number of rotatable bonds is 5. The van der Waals surface area contributed by atoms with E-state index in [9.17, 15) is 0 Å². The lowest BCUT2D eigenvalue weighted by atomic mass is 10.0. The summed E-state index contributed by atoms with van der Waals surface area (Å²) in [6, 6.07) is 16.2. The maximum absolute atomic E-state index is 8.58. The van der Waals surface area contributed by atoms with E-state index < -0.39 is 0 Å². The highest BCUT2D eigenvalue weighted by Crippen LogP contribution is 2.22. The molecule has 0 bridgehead atoms. The minimum Gasteiger partial charge on any atom is -0.360 e. The number of benzene rings is 1. The van der Waals surface area contributed by atoms with E-state index in [1.165, 1.54) is 11.8 Å². The van der Waals surface area contributed by atoms with Gasteiger partial charge in [0.1, 0.15) is 4.32 Å². The van der Waals surface area contributed by atoms with Gasteiger partial charge < -0.3 is 5.32 Å². The third-order valence-electron chi connectivity index (χ3n) is 2.88. The summed E-state index contributed by atoms with van der Waals surface area (Å²) in [5, 5.41) is 11.9. The number of thioether (sulfide) groups is 1. The molecule has 1 aromatic carbocycles. The minimum atomic E-state index is -0.00344. The molecule has 2 aromatic rings.